The van der Waals surface area contributed by atoms with Crippen LogP contribution < -0.4 is 19.5 Å². The zero-order valence-corrected chi connectivity index (χ0v) is 19.7. The Hall–Kier alpha value is -3.27. The van der Waals surface area contributed by atoms with Gasteiger partial charge in [0.25, 0.3) is 0 Å². The van der Waals surface area contributed by atoms with Crippen LogP contribution in [0.3, 0.4) is 0 Å². The van der Waals surface area contributed by atoms with Gasteiger partial charge in [0.05, 0.1) is 18.0 Å². The summed E-state index contributed by atoms with van der Waals surface area (Å²) in [6.07, 6.45) is 0.709. The Labute approximate surface area is 199 Å². The van der Waals surface area contributed by atoms with Crippen LogP contribution in [-0.2, 0) is 16.4 Å². The Morgan fingerprint density at radius 1 is 0.971 bits per heavy atom. The number of anilines is 1. The van der Waals surface area contributed by atoms with Gasteiger partial charge >= 0.3 is 0 Å². The summed E-state index contributed by atoms with van der Waals surface area (Å²) in [5, 5.41) is 24.6. The molecule has 3 atom stereocenters. The summed E-state index contributed by atoms with van der Waals surface area (Å²) in [7, 11) is -3.59. The molecule has 8 nitrogen and oxygen atoms in total. The second-order valence-electron chi connectivity index (χ2n) is 8.41. The van der Waals surface area contributed by atoms with Crippen LogP contribution >= 0.6 is 0 Å². The zero-order chi connectivity index (χ0) is 24.3. The lowest BCUT2D eigenvalue weighted by molar-refractivity contribution is 0.129. The van der Waals surface area contributed by atoms with Crippen LogP contribution in [0.1, 0.15) is 35.8 Å². The third kappa shape index (κ3) is 5.80. The molecule has 4 rings (SSSR count). The maximum absolute atomic E-state index is 11.6. The van der Waals surface area contributed by atoms with Gasteiger partial charge in [-0.3, -0.25) is 4.72 Å². The minimum atomic E-state index is -3.59. The molecular weight excluding hydrogens is 456 g/mol. The highest BCUT2D eigenvalue weighted by Gasteiger charge is 2.24. The van der Waals surface area contributed by atoms with E-state index in [0.717, 1.165) is 17.4 Å². The molecule has 9 heteroatoms. The molecule has 0 fully saturated rings. The van der Waals surface area contributed by atoms with Gasteiger partial charge in [-0.25, -0.2) is 8.42 Å². The molecule has 0 spiro atoms. The molecule has 3 unspecified atom stereocenters. The van der Waals surface area contributed by atoms with Crippen LogP contribution in [0.5, 0.6) is 17.2 Å². The summed E-state index contributed by atoms with van der Waals surface area (Å²) >= 11 is 0. The highest BCUT2D eigenvalue weighted by molar-refractivity contribution is 7.92. The first-order valence-corrected chi connectivity index (χ1v) is 12.8. The van der Waals surface area contributed by atoms with E-state index in [4.69, 9.17) is 9.47 Å². The van der Waals surface area contributed by atoms with Crippen molar-refractivity contribution in [2.75, 3.05) is 17.8 Å². The fourth-order valence-electron chi connectivity index (χ4n) is 3.97. The monoisotopic (exact) mass is 484 g/mol. The predicted molar refractivity (Wildman–Crippen MR) is 130 cm³/mol. The molecule has 0 radical (unpaired) electrons. The second kappa shape index (κ2) is 9.92. The van der Waals surface area contributed by atoms with E-state index in [9.17, 15) is 18.6 Å². The van der Waals surface area contributed by atoms with E-state index in [2.05, 4.69) is 10.0 Å². The Morgan fingerprint density at radius 3 is 2.41 bits per heavy atom. The van der Waals surface area contributed by atoms with Gasteiger partial charge in [-0.15, -0.1) is 0 Å². The third-order valence-electron chi connectivity index (χ3n) is 5.68. The van der Waals surface area contributed by atoms with Crippen LogP contribution in [0.4, 0.5) is 5.69 Å². The van der Waals surface area contributed by atoms with Gasteiger partial charge in [0, 0.05) is 12.1 Å². The summed E-state index contributed by atoms with van der Waals surface area (Å²) in [5.74, 6) is 1.16. The van der Waals surface area contributed by atoms with Crippen molar-refractivity contribution in [3.05, 3.63) is 83.4 Å². The van der Waals surface area contributed by atoms with E-state index < -0.39 is 22.2 Å². The molecule has 0 aromatic heterocycles. The maximum Gasteiger partial charge on any atom is 0.231 e. The molecular formula is C25H28N2O6S. The third-order valence-corrected chi connectivity index (χ3v) is 6.27. The number of benzene rings is 3. The highest BCUT2D eigenvalue weighted by Crippen LogP contribution is 2.36. The first kappa shape index (κ1) is 23.9. The average molecular weight is 485 g/mol. The van der Waals surface area contributed by atoms with Crippen molar-refractivity contribution in [2.45, 2.75) is 31.5 Å². The Bertz CT molecular complexity index is 1250. The Morgan fingerprint density at radius 2 is 1.68 bits per heavy atom. The number of phenols is 1. The number of hydrogen-bond donors (Lipinski definition) is 4. The zero-order valence-electron chi connectivity index (χ0n) is 18.9. The lowest BCUT2D eigenvalue weighted by atomic mass is 9.95. The summed E-state index contributed by atoms with van der Waals surface area (Å²) in [6, 6.07) is 19.6. The topological polar surface area (TPSA) is 117 Å². The van der Waals surface area contributed by atoms with Crippen LogP contribution in [0.2, 0.25) is 0 Å². The van der Waals surface area contributed by atoms with Crippen molar-refractivity contribution >= 4 is 15.7 Å². The van der Waals surface area contributed by atoms with Gasteiger partial charge in [-0.05, 0) is 54.3 Å². The molecule has 4 N–H and O–H groups in total. The van der Waals surface area contributed by atoms with Gasteiger partial charge in [-0.1, -0.05) is 42.5 Å². The molecule has 1 aliphatic rings. The van der Waals surface area contributed by atoms with E-state index in [0.29, 0.717) is 23.5 Å². The first-order chi connectivity index (χ1) is 16.2. The van der Waals surface area contributed by atoms with E-state index in [-0.39, 0.29) is 24.3 Å². The average Bonchev–Trinajstić information content (AvgIpc) is 3.27. The van der Waals surface area contributed by atoms with Gasteiger partial charge in [-0.2, -0.15) is 0 Å². The summed E-state index contributed by atoms with van der Waals surface area (Å²) in [4.78, 5) is 0. The van der Waals surface area contributed by atoms with Crippen LogP contribution in [0.15, 0.2) is 66.7 Å². The molecule has 3 aromatic carbocycles. The molecule has 0 amide bonds. The molecule has 180 valence electrons. The van der Waals surface area contributed by atoms with Crippen molar-refractivity contribution < 1.29 is 28.1 Å². The van der Waals surface area contributed by atoms with Crippen molar-refractivity contribution in [3.8, 4) is 17.2 Å². The highest BCUT2D eigenvalue weighted by atomic mass is 32.2. The lowest BCUT2D eigenvalue weighted by Crippen LogP contribution is -2.36. The smallest absolute Gasteiger partial charge is 0.231 e. The van der Waals surface area contributed by atoms with Gasteiger partial charge in [0.2, 0.25) is 16.8 Å². The maximum atomic E-state index is 11.6. The summed E-state index contributed by atoms with van der Waals surface area (Å²) in [5.41, 5.74) is 2.59. The Kier molecular flexibility index (Phi) is 6.97. The minimum Gasteiger partial charge on any atom is -0.506 e. The number of aliphatic hydroxyl groups excluding tert-OH is 1. The quantitative estimate of drug-likeness (QED) is 0.344. The molecule has 0 saturated carbocycles. The second-order valence-corrected chi connectivity index (χ2v) is 10.2. The number of rotatable bonds is 9. The van der Waals surface area contributed by atoms with Crippen molar-refractivity contribution in [2.24, 2.45) is 0 Å². The largest absolute Gasteiger partial charge is 0.506 e. The predicted octanol–water partition coefficient (Wildman–Crippen LogP) is 3.49. The number of ether oxygens (including phenoxy) is 2. The number of phenolic OH excluding ortho intramolecular Hbond substituents is 1. The van der Waals surface area contributed by atoms with Crippen LogP contribution in [0, 0.1) is 0 Å². The van der Waals surface area contributed by atoms with E-state index in [1.54, 1.807) is 6.07 Å². The number of hydrogen-bond acceptors (Lipinski definition) is 7. The number of aliphatic hydroxyl groups is 1. The number of sulfonamides is 1. The number of aromatic hydroxyl groups is 1. The number of nitrogens with one attached hydrogen (secondary N) is 2. The standard InChI is InChI=1S/C25H28N2O6S/c1-16(25(29)19-8-10-22(28)21(13-19)27-34(2,30)31)26-20(12-17-6-4-3-5-7-17)18-9-11-23-24(14-18)33-15-32-23/h3-11,13-14,16,20,25-29H,12,15H2,1-2H3. The van der Waals surface area contributed by atoms with E-state index in [1.807, 2.05) is 55.5 Å². The van der Waals surface area contributed by atoms with E-state index in [1.165, 1.54) is 12.1 Å². The van der Waals surface area contributed by atoms with Crippen molar-refractivity contribution in [3.63, 3.8) is 0 Å². The molecule has 34 heavy (non-hydrogen) atoms. The van der Waals surface area contributed by atoms with Gasteiger partial charge in [0.15, 0.2) is 11.5 Å². The summed E-state index contributed by atoms with van der Waals surface area (Å²) in [6.45, 7) is 2.04. The minimum absolute atomic E-state index is 0.0165. The van der Waals surface area contributed by atoms with Crippen LogP contribution in [0.25, 0.3) is 0 Å². The molecule has 1 aliphatic heterocycles. The molecule has 0 saturated heterocycles. The van der Waals surface area contributed by atoms with Crippen molar-refractivity contribution in [1.82, 2.24) is 5.32 Å². The SMILES string of the molecule is CC(NC(Cc1ccccc1)c1ccc2c(c1)OCO2)C(O)c1ccc(O)c(NS(C)(=O)=O)c1. The van der Waals surface area contributed by atoms with Crippen LogP contribution in [-0.4, -0.2) is 37.7 Å². The number of fused-ring (bicyclic) bond motifs is 1. The fourth-order valence-corrected chi connectivity index (χ4v) is 4.53. The normalized spacial score (nSPS) is 15.5. The molecule has 0 aliphatic carbocycles. The fraction of sp³-hybridized carbons (Fsp3) is 0.280. The first-order valence-electron chi connectivity index (χ1n) is 10.9. The molecule has 3 aromatic rings. The summed E-state index contributed by atoms with van der Waals surface area (Å²) < 4.78 is 36.5. The van der Waals surface area contributed by atoms with Gasteiger partial charge < -0.3 is 25.0 Å². The lowest BCUT2D eigenvalue weighted by Gasteiger charge is -2.28. The Balaban J connectivity index is 1.57. The molecule has 0 bridgehead atoms. The van der Waals surface area contributed by atoms with Crippen molar-refractivity contribution in [1.29, 1.82) is 0 Å². The van der Waals surface area contributed by atoms with Gasteiger partial charge in [0.1, 0.15) is 5.75 Å². The van der Waals surface area contributed by atoms with E-state index >= 15 is 0 Å². The molecule has 1 heterocycles.